The number of aromatic nitrogens is 2. The van der Waals surface area contributed by atoms with Crippen LogP contribution in [0.2, 0.25) is 0 Å². The van der Waals surface area contributed by atoms with Gasteiger partial charge < -0.3 is 9.80 Å². The SMILES string of the molecule is CCc1cccc(C)c1-c1cc[c-]c(N2[CH-]N(c3ccccc3)c3nccnc32)c1.[Ir]. The molecule has 0 aliphatic carbocycles. The summed E-state index contributed by atoms with van der Waals surface area (Å²) >= 11 is 0. The molecule has 0 saturated carbocycles. The van der Waals surface area contributed by atoms with Crippen LogP contribution in [0.1, 0.15) is 18.1 Å². The van der Waals surface area contributed by atoms with Gasteiger partial charge >= 0.3 is 0 Å². The van der Waals surface area contributed by atoms with Crippen LogP contribution in [0.5, 0.6) is 0 Å². The molecule has 1 aromatic heterocycles. The molecule has 0 saturated heterocycles. The van der Waals surface area contributed by atoms with Gasteiger partial charge in [-0.2, -0.15) is 18.2 Å². The van der Waals surface area contributed by atoms with Crippen molar-refractivity contribution in [2.45, 2.75) is 20.3 Å². The Kier molecular flexibility index (Phi) is 6.17. The number of nitrogens with zero attached hydrogens (tertiary/aromatic N) is 4. The van der Waals surface area contributed by atoms with Crippen LogP contribution in [0, 0.1) is 19.7 Å². The van der Waals surface area contributed by atoms with Gasteiger partial charge in [-0.1, -0.05) is 43.3 Å². The van der Waals surface area contributed by atoms with Crippen molar-refractivity contribution in [1.82, 2.24) is 9.97 Å². The maximum atomic E-state index is 4.62. The third-order valence-corrected chi connectivity index (χ3v) is 5.46. The molecule has 5 rings (SSSR count). The molecule has 0 spiro atoms. The predicted molar refractivity (Wildman–Crippen MR) is 122 cm³/mol. The van der Waals surface area contributed by atoms with Crippen molar-refractivity contribution in [3.8, 4) is 11.1 Å². The minimum atomic E-state index is 0. The van der Waals surface area contributed by atoms with Gasteiger partial charge in [0.2, 0.25) is 0 Å². The molecule has 0 fully saturated rings. The number of anilines is 4. The standard InChI is InChI=1S/C26H22N4.Ir/c1-3-20-10-7-9-19(2)24(20)21-11-8-14-23(17-21)30-18-29(22-12-5-4-6-13-22)25-26(30)28-16-15-27-25;/h4-13,15-18H,3H2,1-2H3;/q-2;. The quantitative estimate of drug-likeness (QED) is 0.268. The summed E-state index contributed by atoms with van der Waals surface area (Å²) < 4.78 is 0. The van der Waals surface area contributed by atoms with E-state index in [4.69, 9.17) is 0 Å². The monoisotopic (exact) mass is 583 g/mol. The summed E-state index contributed by atoms with van der Waals surface area (Å²) in [6, 6.07) is 26.4. The number of para-hydroxylation sites is 1. The normalized spacial score (nSPS) is 12.5. The van der Waals surface area contributed by atoms with E-state index in [-0.39, 0.29) is 20.1 Å². The Morgan fingerprint density at radius 1 is 0.903 bits per heavy atom. The molecule has 1 aliphatic rings. The van der Waals surface area contributed by atoms with Crippen LogP contribution in [0.15, 0.2) is 79.1 Å². The van der Waals surface area contributed by atoms with Crippen molar-refractivity contribution in [1.29, 1.82) is 0 Å². The smallest absolute Gasteiger partial charge is 0.145 e. The average Bonchev–Trinajstić information content (AvgIpc) is 3.19. The number of rotatable bonds is 4. The third-order valence-electron chi connectivity index (χ3n) is 5.46. The zero-order valence-electron chi connectivity index (χ0n) is 17.4. The Bertz CT molecular complexity index is 1190. The number of fused-ring (bicyclic) bond motifs is 1. The van der Waals surface area contributed by atoms with E-state index in [1.807, 2.05) is 30.9 Å². The van der Waals surface area contributed by atoms with E-state index in [1.54, 1.807) is 12.4 Å². The van der Waals surface area contributed by atoms with E-state index in [0.717, 1.165) is 29.4 Å². The number of benzene rings is 3. The molecule has 0 bridgehead atoms. The van der Waals surface area contributed by atoms with E-state index in [0.29, 0.717) is 0 Å². The van der Waals surface area contributed by atoms with Gasteiger partial charge in [0.05, 0.1) is 0 Å². The van der Waals surface area contributed by atoms with E-state index < -0.39 is 0 Å². The van der Waals surface area contributed by atoms with Crippen molar-refractivity contribution in [2.24, 2.45) is 0 Å². The molecule has 2 heterocycles. The second kappa shape index (κ2) is 9.01. The van der Waals surface area contributed by atoms with Crippen molar-refractivity contribution < 1.29 is 20.1 Å². The van der Waals surface area contributed by atoms with E-state index >= 15 is 0 Å². The molecule has 0 N–H and O–H groups in total. The molecule has 3 aromatic carbocycles. The molecular formula is C26H22IrN4-2. The summed E-state index contributed by atoms with van der Waals surface area (Å²) in [5.74, 6) is 1.61. The number of hydrogen-bond donors (Lipinski definition) is 0. The van der Waals surface area contributed by atoms with Gasteiger partial charge in [0.1, 0.15) is 11.6 Å². The van der Waals surface area contributed by atoms with Crippen LogP contribution >= 0.6 is 0 Å². The summed E-state index contributed by atoms with van der Waals surface area (Å²) in [7, 11) is 0. The number of hydrogen-bond acceptors (Lipinski definition) is 4. The van der Waals surface area contributed by atoms with Gasteiger partial charge in [-0.15, -0.1) is 24.0 Å². The van der Waals surface area contributed by atoms with Crippen LogP contribution in [-0.4, -0.2) is 9.97 Å². The van der Waals surface area contributed by atoms with Crippen molar-refractivity contribution in [3.63, 3.8) is 0 Å². The summed E-state index contributed by atoms with van der Waals surface area (Å²) in [6.45, 7) is 6.41. The van der Waals surface area contributed by atoms with Crippen molar-refractivity contribution in [3.05, 3.63) is 103 Å². The summed E-state index contributed by atoms with van der Waals surface area (Å²) in [5.41, 5.74) is 7.11. The van der Waals surface area contributed by atoms with Gasteiger partial charge in [0.25, 0.3) is 0 Å². The minimum Gasteiger partial charge on any atom is -0.477 e. The van der Waals surface area contributed by atoms with Crippen LogP contribution < -0.4 is 9.80 Å². The van der Waals surface area contributed by atoms with Gasteiger partial charge in [-0.25, -0.2) is 9.97 Å². The predicted octanol–water partition coefficient (Wildman–Crippen LogP) is 6.22. The molecule has 5 heteroatoms. The molecule has 1 aliphatic heterocycles. The maximum Gasteiger partial charge on any atom is 0.145 e. The molecule has 4 aromatic rings. The van der Waals surface area contributed by atoms with Gasteiger partial charge in [-0.3, -0.25) is 0 Å². The molecule has 0 atom stereocenters. The second-order valence-electron chi connectivity index (χ2n) is 7.32. The number of aryl methyl sites for hydroxylation is 2. The summed E-state index contributed by atoms with van der Waals surface area (Å²) in [6.07, 6.45) is 4.46. The molecule has 4 nitrogen and oxygen atoms in total. The van der Waals surface area contributed by atoms with E-state index in [9.17, 15) is 0 Å². The topological polar surface area (TPSA) is 32.3 Å². The first-order valence-electron chi connectivity index (χ1n) is 10.2. The Hall–Kier alpha value is -3.01. The fourth-order valence-corrected chi connectivity index (χ4v) is 4.03. The zero-order valence-corrected chi connectivity index (χ0v) is 19.8. The van der Waals surface area contributed by atoms with Crippen LogP contribution in [-0.2, 0) is 26.5 Å². The van der Waals surface area contributed by atoms with Gasteiger partial charge in [-0.05, 0) is 42.2 Å². The second-order valence-corrected chi connectivity index (χ2v) is 7.32. The third kappa shape index (κ3) is 3.87. The average molecular weight is 583 g/mol. The van der Waals surface area contributed by atoms with Crippen LogP contribution in [0.4, 0.5) is 23.0 Å². The van der Waals surface area contributed by atoms with Crippen molar-refractivity contribution in [2.75, 3.05) is 9.80 Å². The summed E-state index contributed by atoms with van der Waals surface area (Å²) in [5, 5.41) is 0. The first-order chi connectivity index (χ1) is 14.8. The van der Waals surface area contributed by atoms with Crippen LogP contribution in [0.3, 0.4) is 0 Å². The largest absolute Gasteiger partial charge is 0.477 e. The molecular weight excluding hydrogens is 561 g/mol. The Balaban J connectivity index is 0.00000231. The molecule has 1 radical (unpaired) electrons. The van der Waals surface area contributed by atoms with Gasteiger partial charge in [0, 0.05) is 38.2 Å². The first kappa shape index (κ1) is 21.2. The van der Waals surface area contributed by atoms with Crippen LogP contribution in [0.25, 0.3) is 11.1 Å². The molecule has 31 heavy (non-hydrogen) atoms. The fourth-order valence-electron chi connectivity index (χ4n) is 4.03. The van der Waals surface area contributed by atoms with E-state index in [1.165, 1.54) is 22.3 Å². The maximum absolute atomic E-state index is 4.62. The first-order valence-corrected chi connectivity index (χ1v) is 10.2. The Morgan fingerprint density at radius 3 is 2.39 bits per heavy atom. The molecule has 0 amide bonds. The van der Waals surface area contributed by atoms with Gasteiger partial charge in [0.15, 0.2) is 0 Å². The summed E-state index contributed by atoms with van der Waals surface area (Å²) in [4.78, 5) is 13.3. The Morgan fingerprint density at radius 2 is 1.65 bits per heavy atom. The van der Waals surface area contributed by atoms with E-state index in [2.05, 4.69) is 82.1 Å². The van der Waals surface area contributed by atoms with Crippen molar-refractivity contribution >= 4 is 23.0 Å². The fraction of sp³-hybridized carbons (Fsp3) is 0.115. The zero-order chi connectivity index (χ0) is 20.5. The Labute approximate surface area is 196 Å². The minimum absolute atomic E-state index is 0. The molecule has 157 valence electrons. The molecule has 0 unspecified atom stereocenters.